The molecule has 2 rings (SSSR count). The lowest BCUT2D eigenvalue weighted by atomic mass is 10.4. The fraction of sp³-hybridized carbons (Fsp3) is 0.333. The van der Waals surface area contributed by atoms with Crippen LogP contribution < -0.4 is 0 Å². The number of rotatable bonds is 2. The highest BCUT2D eigenvalue weighted by Crippen LogP contribution is 2.40. The van der Waals surface area contributed by atoms with Crippen LogP contribution in [0, 0.1) is 0 Å². The van der Waals surface area contributed by atoms with Crippen LogP contribution >= 0.6 is 0 Å². The molecule has 13 heavy (non-hydrogen) atoms. The molecule has 0 aliphatic heterocycles. The lowest BCUT2D eigenvalue weighted by Gasteiger charge is -2.31. The largest absolute Gasteiger partial charge is 0.0803 e. The van der Waals surface area contributed by atoms with Gasteiger partial charge in [-0.05, 0) is 11.1 Å². The van der Waals surface area contributed by atoms with Crippen LogP contribution in [0.1, 0.15) is 4.11 Å². The molecule has 1 heteroatoms. The molecule has 0 fully saturated rings. The van der Waals surface area contributed by atoms with E-state index in [-0.39, 0.29) is 11.1 Å². The van der Waals surface area contributed by atoms with Gasteiger partial charge in [-0.1, -0.05) is 61.6 Å². The summed E-state index contributed by atoms with van der Waals surface area (Å²) in [5.41, 5.74) is 0.245. The molecule has 0 saturated heterocycles. The van der Waals surface area contributed by atoms with Gasteiger partial charge in [0, 0.05) is 4.11 Å². The first-order valence-electron chi connectivity index (χ1n) is 6.16. The average Bonchev–Trinajstić information content (AvgIpc) is 2.88. The molecule has 0 saturated carbocycles. The highest BCUT2D eigenvalue weighted by molar-refractivity contribution is 6.82. The summed E-state index contributed by atoms with van der Waals surface area (Å²) in [5.74, 6) is 0. The summed E-state index contributed by atoms with van der Waals surface area (Å²) in [5, 5.41) is 0. The Morgan fingerprint density at radius 3 is 1.62 bits per heavy atom. The van der Waals surface area contributed by atoms with Crippen LogP contribution in [0.25, 0.3) is 0 Å². The maximum absolute atomic E-state index is 7.88. The van der Waals surface area contributed by atoms with Gasteiger partial charge in [0.15, 0.2) is 0 Å². The molecule has 0 amide bonds. The van der Waals surface area contributed by atoms with Crippen LogP contribution in [0.4, 0.5) is 0 Å². The second kappa shape index (κ2) is 3.15. The number of hydrogen-bond acceptors (Lipinski definition) is 0. The van der Waals surface area contributed by atoms with Gasteiger partial charge in [-0.25, -0.2) is 0 Å². The van der Waals surface area contributed by atoms with Gasteiger partial charge in [0.05, 0.1) is 8.07 Å². The average molecular weight is 191 g/mol. The van der Waals surface area contributed by atoms with E-state index in [1.807, 2.05) is 55.2 Å². The maximum Gasteiger partial charge on any atom is 0.0699 e. The zero-order valence-electron chi connectivity index (χ0n) is 10.8. The fourth-order valence-electron chi connectivity index (χ4n) is 1.89. The molecule has 0 N–H and O–H groups in total. The zero-order chi connectivity index (χ0) is 11.8. The fourth-order valence-corrected chi connectivity index (χ4v) is 4.37. The highest BCUT2D eigenvalue weighted by Gasteiger charge is 2.35. The van der Waals surface area contributed by atoms with E-state index in [0.29, 0.717) is 0 Å². The molecule has 0 radical (unpaired) electrons. The SMILES string of the molecule is [2H]C([2H])([2H])[Si](C)(C1C=CC=C1)C1C=CC=C1. The van der Waals surface area contributed by atoms with Gasteiger partial charge in [0.25, 0.3) is 0 Å². The molecule has 0 heterocycles. The van der Waals surface area contributed by atoms with Crippen molar-refractivity contribution in [2.24, 2.45) is 0 Å². The monoisotopic (exact) mass is 191 g/mol. The van der Waals surface area contributed by atoms with E-state index in [1.165, 1.54) is 0 Å². The van der Waals surface area contributed by atoms with Crippen LogP contribution in [-0.2, 0) is 0 Å². The number of hydrogen-bond donors (Lipinski definition) is 0. The van der Waals surface area contributed by atoms with Crippen LogP contribution in [-0.4, -0.2) is 8.07 Å². The first-order chi connectivity index (χ1) is 7.46. The summed E-state index contributed by atoms with van der Waals surface area (Å²) < 4.78 is 23.6. The third kappa shape index (κ3) is 1.48. The van der Waals surface area contributed by atoms with E-state index in [1.54, 1.807) is 0 Å². The van der Waals surface area contributed by atoms with Gasteiger partial charge in [0.2, 0.25) is 0 Å². The Hall–Kier alpha value is -0.823. The first-order valence-corrected chi connectivity index (χ1v) is 7.32. The predicted molar refractivity (Wildman–Crippen MR) is 61.5 cm³/mol. The minimum Gasteiger partial charge on any atom is -0.0803 e. The summed E-state index contributed by atoms with van der Waals surface area (Å²) in [6, 6.07) is 0. The quantitative estimate of drug-likeness (QED) is 0.584. The van der Waals surface area contributed by atoms with E-state index >= 15 is 0 Å². The Morgan fingerprint density at radius 1 is 0.923 bits per heavy atom. The van der Waals surface area contributed by atoms with Crippen LogP contribution in [0.3, 0.4) is 0 Å². The lowest BCUT2D eigenvalue weighted by molar-refractivity contribution is 1.17. The molecule has 0 unspecified atom stereocenters. The van der Waals surface area contributed by atoms with E-state index in [9.17, 15) is 0 Å². The second-order valence-corrected chi connectivity index (χ2v) is 7.77. The van der Waals surface area contributed by atoms with Gasteiger partial charge in [-0.3, -0.25) is 0 Å². The van der Waals surface area contributed by atoms with Crippen LogP contribution in [0.2, 0.25) is 24.1 Å². The molecule has 0 nitrogen and oxygen atoms in total. The standard InChI is InChI=1S/C12H16Si/c1-13(2,11-7-3-4-8-11)12-9-5-6-10-12/h3-12H,1-2H3/i1D3. The summed E-state index contributed by atoms with van der Waals surface area (Å²) >= 11 is 0. The van der Waals surface area contributed by atoms with Crippen molar-refractivity contribution in [1.82, 2.24) is 0 Å². The summed E-state index contributed by atoms with van der Waals surface area (Å²) in [4.78, 5) is 0. The van der Waals surface area contributed by atoms with Crippen molar-refractivity contribution in [2.75, 3.05) is 0 Å². The van der Waals surface area contributed by atoms with Gasteiger partial charge >= 0.3 is 0 Å². The summed E-state index contributed by atoms with van der Waals surface area (Å²) in [6.07, 6.45) is 16.0. The minimum absolute atomic E-state index is 0.123. The molecule has 2 aliphatic carbocycles. The molecule has 2 aliphatic rings. The van der Waals surface area contributed by atoms with Gasteiger partial charge < -0.3 is 0 Å². The third-order valence-corrected chi connectivity index (χ3v) is 6.42. The van der Waals surface area contributed by atoms with Crippen molar-refractivity contribution >= 4 is 8.07 Å². The third-order valence-electron chi connectivity index (χ3n) is 2.88. The Balaban J connectivity index is 2.40. The Labute approximate surface area is 85.6 Å². The predicted octanol–water partition coefficient (Wildman–Crippen LogP) is 3.69. The molecule has 0 spiro atoms. The molecular formula is C12H16Si. The smallest absolute Gasteiger partial charge is 0.0699 e. The molecule has 0 atom stereocenters. The van der Waals surface area contributed by atoms with Crippen LogP contribution in [0.5, 0.6) is 0 Å². The van der Waals surface area contributed by atoms with Gasteiger partial charge in [-0.15, -0.1) is 0 Å². The molecule has 0 bridgehead atoms. The molecule has 68 valence electrons. The lowest BCUT2D eigenvalue weighted by Crippen LogP contribution is -2.34. The van der Waals surface area contributed by atoms with Crippen molar-refractivity contribution in [3.8, 4) is 0 Å². The first kappa shape index (κ1) is 5.81. The van der Waals surface area contributed by atoms with E-state index in [0.717, 1.165) is 0 Å². The topological polar surface area (TPSA) is 0 Å². The molecule has 0 aromatic rings. The zero-order valence-corrected chi connectivity index (χ0v) is 8.77. The van der Waals surface area contributed by atoms with Crippen molar-refractivity contribution in [2.45, 2.75) is 24.1 Å². The van der Waals surface area contributed by atoms with Gasteiger partial charge in [-0.2, -0.15) is 0 Å². The molecule has 0 aromatic carbocycles. The van der Waals surface area contributed by atoms with Crippen molar-refractivity contribution < 1.29 is 4.11 Å². The van der Waals surface area contributed by atoms with Crippen molar-refractivity contribution in [3.05, 3.63) is 48.6 Å². The van der Waals surface area contributed by atoms with Crippen molar-refractivity contribution in [3.63, 3.8) is 0 Å². The normalized spacial score (nSPS) is 26.7. The van der Waals surface area contributed by atoms with Crippen LogP contribution in [0.15, 0.2) is 48.6 Å². The Bertz CT molecular complexity index is 336. The summed E-state index contributed by atoms with van der Waals surface area (Å²) in [7, 11) is -2.43. The molecular weight excluding hydrogens is 172 g/mol. The second-order valence-electron chi connectivity index (χ2n) is 3.87. The maximum atomic E-state index is 7.88. The Morgan fingerprint density at radius 2 is 1.31 bits per heavy atom. The highest BCUT2D eigenvalue weighted by atomic mass is 28.3. The minimum atomic E-state index is -2.43. The van der Waals surface area contributed by atoms with E-state index < -0.39 is 14.5 Å². The molecule has 0 aromatic heterocycles. The van der Waals surface area contributed by atoms with Crippen molar-refractivity contribution in [1.29, 1.82) is 0 Å². The number of allylic oxidation sites excluding steroid dienone is 8. The summed E-state index contributed by atoms with van der Waals surface area (Å²) in [6.45, 7) is 0.162. The van der Waals surface area contributed by atoms with E-state index in [4.69, 9.17) is 4.11 Å². The van der Waals surface area contributed by atoms with E-state index in [2.05, 4.69) is 0 Å². The Kier molecular flexibility index (Phi) is 1.41. The van der Waals surface area contributed by atoms with Gasteiger partial charge in [0.1, 0.15) is 0 Å².